The van der Waals surface area contributed by atoms with E-state index < -0.39 is 0 Å². The van der Waals surface area contributed by atoms with Crippen LogP contribution in [0.1, 0.15) is 0 Å². The quantitative estimate of drug-likeness (QED) is 0.611. The van der Waals surface area contributed by atoms with E-state index in [4.69, 9.17) is 0 Å². The van der Waals surface area contributed by atoms with Gasteiger partial charge in [-0.05, 0) is 0 Å². The van der Waals surface area contributed by atoms with Crippen LogP contribution in [0, 0.1) is 0 Å². The van der Waals surface area contributed by atoms with Crippen molar-refractivity contribution in [2.45, 2.75) is 0 Å². The van der Waals surface area contributed by atoms with Gasteiger partial charge < -0.3 is 9.55 Å². The van der Waals surface area contributed by atoms with Gasteiger partial charge in [-0.15, -0.1) is 0 Å². The zero-order valence-corrected chi connectivity index (χ0v) is 7.66. The molecule has 0 spiro atoms. The Labute approximate surface area is 83.8 Å². The minimum atomic E-state index is -0.157. The van der Waals surface area contributed by atoms with E-state index in [0.717, 1.165) is 5.69 Å². The molecule has 6 heteroatoms. The predicted molar refractivity (Wildman–Crippen MR) is 52.9 cm³/mol. The third kappa shape index (κ3) is 1.08. The Morgan fingerprint density at radius 2 is 2.33 bits per heavy atom. The van der Waals surface area contributed by atoms with Crippen molar-refractivity contribution in [1.82, 2.24) is 24.1 Å². The Morgan fingerprint density at radius 1 is 1.40 bits per heavy atom. The smallest absolute Gasteiger partial charge is 0.274 e. The highest BCUT2D eigenvalue weighted by Crippen LogP contribution is 2.10. The normalized spacial score (nSPS) is 10.9. The Kier molecular flexibility index (Phi) is 1.49. The molecule has 3 aromatic rings. The van der Waals surface area contributed by atoms with Crippen molar-refractivity contribution in [3.05, 3.63) is 47.5 Å². The number of rotatable bonds is 1. The van der Waals surface area contributed by atoms with Crippen LogP contribution in [0.2, 0.25) is 0 Å². The zero-order chi connectivity index (χ0) is 10.3. The number of imidazole rings is 1. The molecule has 0 aliphatic rings. The molecule has 0 radical (unpaired) electrons. The van der Waals surface area contributed by atoms with Crippen LogP contribution >= 0.6 is 0 Å². The molecule has 0 amide bonds. The van der Waals surface area contributed by atoms with Crippen LogP contribution in [-0.2, 0) is 0 Å². The van der Waals surface area contributed by atoms with Crippen LogP contribution in [0.5, 0.6) is 0 Å². The third-order valence-corrected chi connectivity index (χ3v) is 2.19. The largest absolute Gasteiger partial charge is 0.345 e. The number of hydrogen-bond donors (Lipinski definition) is 1. The van der Waals surface area contributed by atoms with Gasteiger partial charge in [0, 0.05) is 24.7 Å². The number of H-pyrrole nitrogens is 1. The Balaban J connectivity index is 2.39. The summed E-state index contributed by atoms with van der Waals surface area (Å²) in [6.45, 7) is 0. The van der Waals surface area contributed by atoms with Gasteiger partial charge in [0.25, 0.3) is 5.56 Å². The second-order valence-electron chi connectivity index (χ2n) is 3.08. The van der Waals surface area contributed by atoms with Crippen LogP contribution in [0.4, 0.5) is 0 Å². The van der Waals surface area contributed by atoms with Crippen molar-refractivity contribution in [1.29, 1.82) is 0 Å². The lowest BCUT2D eigenvalue weighted by Gasteiger charge is -1.97. The summed E-state index contributed by atoms with van der Waals surface area (Å²) >= 11 is 0. The molecule has 0 saturated heterocycles. The summed E-state index contributed by atoms with van der Waals surface area (Å²) in [5.74, 6) is 0. The number of aromatic amines is 1. The molecule has 3 rings (SSSR count). The van der Waals surface area contributed by atoms with Gasteiger partial charge in [-0.25, -0.2) is 4.98 Å². The van der Waals surface area contributed by atoms with Gasteiger partial charge in [-0.3, -0.25) is 4.79 Å². The second kappa shape index (κ2) is 2.81. The number of aromatic nitrogens is 5. The first-order valence-electron chi connectivity index (χ1n) is 4.40. The summed E-state index contributed by atoms with van der Waals surface area (Å²) in [5, 5.41) is 4.00. The van der Waals surface area contributed by atoms with Crippen LogP contribution in [-0.4, -0.2) is 24.1 Å². The fraction of sp³-hybridized carbons (Fsp3) is 0. The van der Waals surface area contributed by atoms with Crippen molar-refractivity contribution < 1.29 is 0 Å². The number of fused-ring (bicyclic) bond motifs is 1. The summed E-state index contributed by atoms with van der Waals surface area (Å²) < 4.78 is 3.10. The highest BCUT2D eigenvalue weighted by atomic mass is 16.1. The summed E-state index contributed by atoms with van der Waals surface area (Å²) in [5.41, 5.74) is 1.29. The molecular weight excluding hydrogens is 194 g/mol. The van der Waals surface area contributed by atoms with E-state index in [2.05, 4.69) is 15.1 Å². The minimum absolute atomic E-state index is 0.157. The first-order chi connectivity index (χ1) is 7.36. The van der Waals surface area contributed by atoms with Crippen molar-refractivity contribution >= 4 is 5.65 Å². The lowest BCUT2D eigenvalue weighted by atomic mass is 10.5. The van der Waals surface area contributed by atoms with E-state index in [1.165, 1.54) is 10.6 Å². The summed E-state index contributed by atoms with van der Waals surface area (Å²) in [6, 6.07) is 1.43. The van der Waals surface area contributed by atoms with Crippen molar-refractivity contribution in [2.75, 3.05) is 0 Å². The van der Waals surface area contributed by atoms with Gasteiger partial charge in [0.15, 0.2) is 5.65 Å². The van der Waals surface area contributed by atoms with E-state index in [1.54, 1.807) is 35.7 Å². The first kappa shape index (κ1) is 7.98. The predicted octanol–water partition coefficient (Wildman–Crippen LogP) is 0.208. The molecule has 3 aromatic heterocycles. The Hall–Kier alpha value is -2.37. The number of hydrogen-bond acceptors (Lipinski definition) is 3. The lowest BCUT2D eigenvalue weighted by molar-refractivity contribution is 0.899. The van der Waals surface area contributed by atoms with Gasteiger partial charge in [-0.2, -0.15) is 9.61 Å². The van der Waals surface area contributed by atoms with Crippen molar-refractivity contribution in [3.8, 4) is 5.69 Å². The van der Waals surface area contributed by atoms with E-state index in [0.29, 0.717) is 5.65 Å². The minimum Gasteiger partial charge on any atom is -0.345 e. The van der Waals surface area contributed by atoms with Gasteiger partial charge in [0.2, 0.25) is 0 Å². The van der Waals surface area contributed by atoms with E-state index in [1.807, 2.05) is 0 Å². The molecule has 1 N–H and O–H groups in total. The molecule has 3 heterocycles. The van der Waals surface area contributed by atoms with Crippen molar-refractivity contribution in [3.63, 3.8) is 0 Å². The molecule has 0 aliphatic carbocycles. The molecule has 0 aliphatic heterocycles. The molecular formula is C9H7N5O. The van der Waals surface area contributed by atoms with Crippen LogP contribution in [0.25, 0.3) is 11.3 Å². The van der Waals surface area contributed by atoms with E-state index in [9.17, 15) is 4.79 Å². The fourth-order valence-electron chi connectivity index (χ4n) is 1.50. The first-order valence-corrected chi connectivity index (χ1v) is 4.40. The monoisotopic (exact) mass is 201 g/mol. The molecule has 6 nitrogen and oxygen atoms in total. The Morgan fingerprint density at radius 3 is 3.13 bits per heavy atom. The van der Waals surface area contributed by atoms with Gasteiger partial charge in [0.05, 0.1) is 12.5 Å². The van der Waals surface area contributed by atoms with Gasteiger partial charge in [-0.1, -0.05) is 0 Å². The maximum atomic E-state index is 11.4. The highest BCUT2D eigenvalue weighted by molar-refractivity contribution is 5.57. The summed E-state index contributed by atoms with van der Waals surface area (Å²) in [4.78, 5) is 18.3. The van der Waals surface area contributed by atoms with Gasteiger partial charge >= 0.3 is 0 Å². The Bertz CT molecular complexity index is 649. The maximum absolute atomic E-state index is 11.4. The zero-order valence-electron chi connectivity index (χ0n) is 7.66. The molecule has 0 bridgehead atoms. The van der Waals surface area contributed by atoms with Gasteiger partial charge in [0.1, 0.15) is 5.69 Å². The summed E-state index contributed by atoms with van der Waals surface area (Å²) in [6.07, 6.45) is 8.34. The SMILES string of the molecule is O=c1cc[nH]c2c(-n3ccnc3)cnn12. The topological polar surface area (TPSA) is 68.0 Å². The number of nitrogens with one attached hydrogen (secondary N) is 1. The molecule has 0 atom stereocenters. The average Bonchev–Trinajstić information content (AvgIpc) is 2.85. The van der Waals surface area contributed by atoms with Crippen molar-refractivity contribution in [2.24, 2.45) is 0 Å². The van der Waals surface area contributed by atoms with Crippen LogP contribution in [0.3, 0.4) is 0 Å². The standard InChI is InChI=1S/C9H7N5O/c15-8-1-2-11-9-7(5-12-14(8)9)13-4-3-10-6-13/h1-6,11H. The molecule has 0 aromatic carbocycles. The molecule has 0 saturated carbocycles. The number of nitrogens with zero attached hydrogens (tertiary/aromatic N) is 4. The van der Waals surface area contributed by atoms with E-state index >= 15 is 0 Å². The molecule has 0 fully saturated rings. The molecule has 0 unspecified atom stereocenters. The van der Waals surface area contributed by atoms with Crippen LogP contribution < -0.4 is 5.56 Å². The molecule has 15 heavy (non-hydrogen) atoms. The summed E-state index contributed by atoms with van der Waals surface area (Å²) in [7, 11) is 0. The van der Waals surface area contributed by atoms with E-state index in [-0.39, 0.29) is 5.56 Å². The maximum Gasteiger partial charge on any atom is 0.274 e. The second-order valence-corrected chi connectivity index (χ2v) is 3.08. The fourth-order valence-corrected chi connectivity index (χ4v) is 1.50. The van der Waals surface area contributed by atoms with Crippen LogP contribution in [0.15, 0.2) is 42.0 Å². The lowest BCUT2D eigenvalue weighted by Crippen LogP contribution is -2.12. The average molecular weight is 201 g/mol. The highest BCUT2D eigenvalue weighted by Gasteiger charge is 2.06. The third-order valence-electron chi connectivity index (χ3n) is 2.19. The molecule has 74 valence electrons.